The predicted molar refractivity (Wildman–Crippen MR) is 34.8 cm³/mol. The minimum Gasteiger partial charge on any atom is -0.483 e. The van der Waals surface area contributed by atoms with Gasteiger partial charge in [-0.3, -0.25) is 19.2 Å². The zero-order valence-corrected chi connectivity index (χ0v) is 8.83. The first kappa shape index (κ1) is 30.0. The second kappa shape index (κ2) is 149. The summed E-state index contributed by atoms with van der Waals surface area (Å²) in [6.45, 7) is -1.00. The minimum absolute atomic E-state index is 0. The summed E-state index contributed by atoms with van der Waals surface area (Å²) in [5, 5.41) is 27.6. The Hall–Kier alpha value is -1.46. The maximum atomic E-state index is 8.36. The number of carbonyl (C=O) groups is 4. The van der Waals surface area contributed by atoms with Crippen molar-refractivity contribution < 1.29 is 60.0 Å². The largest absolute Gasteiger partial charge is 0.483 e. The van der Waals surface area contributed by atoms with E-state index in [2.05, 4.69) is 0 Å². The van der Waals surface area contributed by atoms with Gasteiger partial charge in [0.25, 0.3) is 25.9 Å². The minimum atomic E-state index is -0.250. The standard InChI is InChI=1S/4CH2O2.Re/c4*2-1-3;/h4*1H,(H,2,3);. The molecule has 0 heterocycles. The molecule has 79 valence electrons. The number of rotatable bonds is 0. The molecule has 13 heavy (non-hydrogen) atoms. The number of carboxylic acid groups (broad SMARTS) is 4. The van der Waals surface area contributed by atoms with Gasteiger partial charge in [0, 0.05) is 20.4 Å². The normalized spacial score (nSPS) is 3.69. The van der Waals surface area contributed by atoms with Crippen LogP contribution in [0.1, 0.15) is 0 Å². The van der Waals surface area contributed by atoms with Crippen LogP contribution in [0.3, 0.4) is 0 Å². The summed E-state index contributed by atoms with van der Waals surface area (Å²) >= 11 is 0. The third kappa shape index (κ3) is 362. The Bertz CT molecular complexity index is 70.1. The summed E-state index contributed by atoms with van der Waals surface area (Å²) in [6.07, 6.45) is 0. The van der Waals surface area contributed by atoms with E-state index in [4.69, 9.17) is 39.6 Å². The molecule has 0 rings (SSSR count). The van der Waals surface area contributed by atoms with Crippen molar-refractivity contribution in [2.24, 2.45) is 0 Å². The van der Waals surface area contributed by atoms with Gasteiger partial charge in [-0.2, -0.15) is 0 Å². The Morgan fingerprint density at radius 3 is 0.538 bits per heavy atom. The van der Waals surface area contributed by atoms with Crippen LogP contribution in [0.15, 0.2) is 0 Å². The molecule has 0 aromatic heterocycles. The fourth-order valence-corrected chi connectivity index (χ4v) is 0. The van der Waals surface area contributed by atoms with Crippen LogP contribution >= 0.6 is 0 Å². The van der Waals surface area contributed by atoms with Crippen molar-refractivity contribution in [1.82, 2.24) is 0 Å². The summed E-state index contributed by atoms with van der Waals surface area (Å²) in [5.41, 5.74) is 0. The second-order valence-corrected chi connectivity index (χ2v) is 0.422. The van der Waals surface area contributed by atoms with Crippen molar-refractivity contribution in [3.05, 3.63) is 0 Å². The summed E-state index contributed by atoms with van der Waals surface area (Å²) < 4.78 is 0. The van der Waals surface area contributed by atoms with Gasteiger partial charge in [-0.05, 0) is 0 Å². The molecule has 0 aliphatic carbocycles. The van der Waals surface area contributed by atoms with Crippen LogP contribution in [0.25, 0.3) is 0 Å². The van der Waals surface area contributed by atoms with E-state index < -0.39 is 0 Å². The first-order chi connectivity index (χ1) is 5.66. The molecule has 9 heteroatoms. The monoisotopic (exact) mass is 371 g/mol. The summed E-state index contributed by atoms with van der Waals surface area (Å²) in [7, 11) is 0. The van der Waals surface area contributed by atoms with Crippen molar-refractivity contribution in [1.29, 1.82) is 0 Å². The Kier molecular flexibility index (Phi) is 342. The number of hydrogen-bond donors (Lipinski definition) is 4. The van der Waals surface area contributed by atoms with E-state index in [0.29, 0.717) is 0 Å². The smallest absolute Gasteiger partial charge is 0.290 e. The predicted octanol–water partition coefficient (Wildman–Crippen LogP) is -1.20. The Labute approximate surface area is 86.5 Å². The zero-order valence-electron chi connectivity index (χ0n) is 6.11. The summed E-state index contributed by atoms with van der Waals surface area (Å²) in [6, 6.07) is 0. The Morgan fingerprint density at radius 1 is 0.538 bits per heavy atom. The molecule has 0 saturated heterocycles. The molecule has 0 atom stereocenters. The summed E-state index contributed by atoms with van der Waals surface area (Å²) in [5.74, 6) is 0. The molecule has 0 amide bonds. The molecule has 8 nitrogen and oxygen atoms in total. The van der Waals surface area contributed by atoms with Crippen LogP contribution in [0.5, 0.6) is 0 Å². The molecule has 0 saturated carbocycles. The molecule has 0 aliphatic heterocycles. The van der Waals surface area contributed by atoms with Crippen molar-refractivity contribution in [2.45, 2.75) is 0 Å². The first-order valence-corrected chi connectivity index (χ1v) is 1.98. The van der Waals surface area contributed by atoms with Gasteiger partial charge in [0.1, 0.15) is 0 Å². The average molecular weight is 370 g/mol. The van der Waals surface area contributed by atoms with E-state index in [1.54, 1.807) is 0 Å². The van der Waals surface area contributed by atoms with Gasteiger partial charge >= 0.3 is 0 Å². The van der Waals surface area contributed by atoms with Crippen LogP contribution in [0, 0.1) is 0 Å². The van der Waals surface area contributed by atoms with Crippen LogP contribution < -0.4 is 0 Å². The fraction of sp³-hybridized carbons (Fsp3) is 0. The third-order valence-corrected chi connectivity index (χ3v) is 0. The molecule has 1 radical (unpaired) electrons. The van der Waals surface area contributed by atoms with E-state index in [0.717, 1.165) is 0 Å². The maximum Gasteiger partial charge on any atom is 0.290 e. The van der Waals surface area contributed by atoms with Crippen LogP contribution in [0.2, 0.25) is 0 Å². The Morgan fingerprint density at radius 2 is 0.538 bits per heavy atom. The molecular weight excluding hydrogens is 362 g/mol. The molecule has 0 spiro atoms. The van der Waals surface area contributed by atoms with Gasteiger partial charge in [0.15, 0.2) is 0 Å². The van der Waals surface area contributed by atoms with Crippen molar-refractivity contribution in [2.75, 3.05) is 0 Å². The van der Waals surface area contributed by atoms with Gasteiger partial charge in [-0.25, -0.2) is 0 Å². The van der Waals surface area contributed by atoms with Gasteiger partial charge in [0.05, 0.1) is 0 Å². The SMILES string of the molecule is O=CO.O=CO.O=CO.O=CO.[Re]. The maximum absolute atomic E-state index is 8.36. The van der Waals surface area contributed by atoms with Crippen molar-refractivity contribution in [3.8, 4) is 0 Å². The quantitative estimate of drug-likeness (QED) is 0.389. The molecule has 0 aliphatic rings. The van der Waals surface area contributed by atoms with Gasteiger partial charge in [-0.15, -0.1) is 0 Å². The molecule has 0 aromatic carbocycles. The molecule has 0 aromatic rings. The van der Waals surface area contributed by atoms with E-state index in [1.807, 2.05) is 0 Å². The average Bonchev–Trinajstić information content (AvgIpc) is 1.92. The summed E-state index contributed by atoms with van der Waals surface area (Å²) in [4.78, 5) is 33.4. The van der Waals surface area contributed by atoms with E-state index >= 15 is 0 Å². The van der Waals surface area contributed by atoms with Crippen LogP contribution in [-0.4, -0.2) is 46.3 Å². The van der Waals surface area contributed by atoms with E-state index in [1.165, 1.54) is 0 Å². The van der Waals surface area contributed by atoms with Crippen molar-refractivity contribution in [3.63, 3.8) is 0 Å². The molecule has 0 fully saturated rings. The first-order valence-electron chi connectivity index (χ1n) is 1.98. The fourth-order valence-electron chi connectivity index (χ4n) is 0. The van der Waals surface area contributed by atoms with Gasteiger partial charge < -0.3 is 20.4 Å². The number of hydrogen-bond acceptors (Lipinski definition) is 4. The van der Waals surface area contributed by atoms with Gasteiger partial charge in [0.2, 0.25) is 0 Å². The van der Waals surface area contributed by atoms with Crippen LogP contribution in [0.4, 0.5) is 0 Å². The van der Waals surface area contributed by atoms with Crippen LogP contribution in [-0.2, 0) is 39.6 Å². The molecule has 0 unspecified atom stereocenters. The van der Waals surface area contributed by atoms with Crippen molar-refractivity contribution >= 4 is 25.9 Å². The third-order valence-electron chi connectivity index (χ3n) is 0. The Balaban J connectivity index is -0.0000000213. The molecular formula is C4H8O8Re. The van der Waals surface area contributed by atoms with E-state index in [-0.39, 0.29) is 46.3 Å². The second-order valence-electron chi connectivity index (χ2n) is 0.422. The van der Waals surface area contributed by atoms with Gasteiger partial charge in [-0.1, -0.05) is 0 Å². The topological polar surface area (TPSA) is 149 Å². The molecule has 4 N–H and O–H groups in total. The molecule has 0 bridgehead atoms. The van der Waals surface area contributed by atoms with E-state index in [9.17, 15) is 0 Å². The zero-order chi connectivity index (χ0) is 10.8.